The Hall–Kier alpha value is -2.89. The number of benzene rings is 1. The quantitative estimate of drug-likeness (QED) is 0.436. The maximum atomic E-state index is 11.8. The fraction of sp³-hybridized carbons (Fsp3) is 0.389. The second kappa shape index (κ2) is 7.99. The lowest BCUT2D eigenvalue weighted by Gasteiger charge is -2.27. The summed E-state index contributed by atoms with van der Waals surface area (Å²) in [7, 11) is 0. The predicted molar refractivity (Wildman–Crippen MR) is 93.2 cm³/mol. The van der Waals surface area contributed by atoms with Gasteiger partial charge in [-0.05, 0) is 30.7 Å². The molecule has 0 radical (unpaired) electrons. The summed E-state index contributed by atoms with van der Waals surface area (Å²) in [6.45, 7) is 3.06. The summed E-state index contributed by atoms with van der Waals surface area (Å²) in [5.74, 6) is 4.17. The van der Waals surface area contributed by atoms with Gasteiger partial charge in [0.1, 0.15) is 6.04 Å². The van der Waals surface area contributed by atoms with E-state index in [9.17, 15) is 19.5 Å². The Kier molecular flexibility index (Phi) is 5.51. The van der Waals surface area contributed by atoms with Crippen molar-refractivity contribution >= 4 is 17.9 Å². The number of carbonyl (C=O) groups excluding carboxylic acids is 2. The van der Waals surface area contributed by atoms with Crippen molar-refractivity contribution in [2.24, 2.45) is 0 Å². The second-order valence-electron chi connectivity index (χ2n) is 6.17. The van der Waals surface area contributed by atoms with Gasteiger partial charge >= 0.3 is 12.0 Å². The van der Waals surface area contributed by atoms with Crippen molar-refractivity contribution in [3.63, 3.8) is 0 Å². The van der Waals surface area contributed by atoms with Gasteiger partial charge in [-0.1, -0.05) is 24.0 Å². The van der Waals surface area contributed by atoms with Crippen molar-refractivity contribution in [2.75, 3.05) is 26.2 Å². The van der Waals surface area contributed by atoms with E-state index in [1.165, 1.54) is 0 Å². The van der Waals surface area contributed by atoms with Crippen LogP contribution in [0.15, 0.2) is 24.3 Å². The molecular weight excluding hydrogens is 336 g/mol. The summed E-state index contributed by atoms with van der Waals surface area (Å²) in [6, 6.07) is 4.82. The van der Waals surface area contributed by atoms with Crippen molar-refractivity contribution in [3.05, 3.63) is 35.4 Å². The molecule has 8 heteroatoms. The molecule has 2 aliphatic heterocycles. The number of carboxylic acid groups (broad SMARTS) is 1. The van der Waals surface area contributed by atoms with E-state index in [2.05, 4.69) is 27.8 Å². The van der Waals surface area contributed by atoms with Gasteiger partial charge in [0.05, 0.1) is 0 Å². The largest absolute Gasteiger partial charge is 0.480 e. The van der Waals surface area contributed by atoms with Gasteiger partial charge in [0.2, 0.25) is 0 Å². The Labute approximate surface area is 150 Å². The summed E-state index contributed by atoms with van der Waals surface area (Å²) in [4.78, 5) is 36.3. The lowest BCUT2D eigenvalue weighted by molar-refractivity contribution is -0.143. The average Bonchev–Trinajstić information content (AvgIpc) is 2.79. The molecule has 0 bridgehead atoms. The first-order valence-corrected chi connectivity index (χ1v) is 8.45. The highest BCUT2D eigenvalue weighted by molar-refractivity contribution is 6.05. The number of aliphatic carboxylic acids is 1. The molecule has 2 saturated heterocycles. The zero-order valence-electron chi connectivity index (χ0n) is 14.1. The van der Waals surface area contributed by atoms with Crippen LogP contribution in [0.5, 0.6) is 0 Å². The normalized spacial score (nSPS) is 21.8. The van der Waals surface area contributed by atoms with Crippen LogP contribution in [0.25, 0.3) is 0 Å². The molecule has 1 aromatic carbocycles. The predicted octanol–water partition coefficient (Wildman–Crippen LogP) is -0.333. The maximum absolute atomic E-state index is 11.8. The molecule has 3 rings (SSSR count). The molecule has 2 atom stereocenters. The molecule has 136 valence electrons. The Bertz CT molecular complexity index is 758. The zero-order chi connectivity index (χ0) is 18.5. The van der Waals surface area contributed by atoms with Crippen LogP contribution in [0.4, 0.5) is 4.79 Å². The molecule has 2 unspecified atom stereocenters. The third-order valence-corrected chi connectivity index (χ3v) is 4.34. The minimum Gasteiger partial charge on any atom is -0.480 e. The van der Waals surface area contributed by atoms with Crippen molar-refractivity contribution < 1.29 is 19.5 Å². The molecule has 2 heterocycles. The van der Waals surface area contributed by atoms with Crippen LogP contribution in [0.2, 0.25) is 0 Å². The van der Waals surface area contributed by atoms with Crippen LogP contribution >= 0.6 is 0 Å². The third kappa shape index (κ3) is 4.20. The Morgan fingerprint density at radius 2 is 1.96 bits per heavy atom. The van der Waals surface area contributed by atoms with Gasteiger partial charge in [0.25, 0.3) is 5.91 Å². The summed E-state index contributed by atoms with van der Waals surface area (Å²) in [5, 5.41) is 17.5. The number of carbonyl (C=O) groups is 3. The first kappa shape index (κ1) is 17.9. The molecule has 3 amide bonds. The number of amides is 3. The number of nitrogens with zero attached hydrogens (tertiary/aromatic N) is 1. The molecule has 26 heavy (non-hydrogen) atoms. The highest BCUT2D eigenvalue weighted by atomic mass is 16.4. The zero-order valence-corrected chi connectivity index (χ0v) is 14.1. The number of hydrogen-bond acceptors (Lipinski definition) is 5. The van der Waals surface area contributed by atoms with E-state index in [0.717, 1.165) is 26.1 Å². The van der Waals surface area contributed by atoms with Crippen LogP contribution in [-0.4, -0.2) is 60.1 Å². The van der Waals surface area contributed by atoms with Gasteiger partial charge in [-0.25, -0.2) is 4.79 Å². The molecule has 0 spiro atoms. The summed E-state index contributed by atoms with van der Waals surface area (Å²) >= 11 is 0. The fourth-order valence-electron chi connectivity index (χ4n) is 3.06. The van der Waals surface area contributed by atoms with Crippen LogP contribution in [-0.2, 0) is 9.59 Å². The van der Waals surface area contributed by atoms with Gasteiger partial charge in [-0.3, -0.25) is 19.8 Å². The number of rotatable bonds is 3. The minimum absolute atomic E-state index is 0.472. The molecule has 2 aliphatic rings. The van der Waals surface area contributed by atoms with Crippen molar-refractivity contribution in [1.29, 1.82) is 0 Å². The summed E-state index contributed by atoms with van der Waals surface area (Å²) < 4.78 is 0. The molecule has 8 nitrogen and oxygen atoms in total. The van der Waals surface area contributed by atoms with Gasteiger partial charge in [0.15, 0.2) is 6.04 Å². The highest BCUT2D eigenvalue weighted by Gasteiger charge is 2.28. The molecule has 4 N–H and O–H groups in total. The van der Waals surface area contributed by atoms with E-state index in [0.29, 0.717) is 17.7 Å². The second-order valence-corrected chi connectivity index (χ2v) is 6.17. The number of urea groups is 1. The fourth-order valence-corrected chi connectivity index (χ4v) is 3.06. The van der Waals surface area contributed by atoms with E-state index in [4.69, 9.17) is 0 Å². The van der Waals surface area contributed by atoms with E-state index in [1.807, 2.05) is 4.90 Å². The van der Waals surface area contributed by atoms with Crippen LogP contribution in [0.1, 0.15) is 23.6 Å². The Balaban J connectivity index is 1.74. The average molecular weight is 356 g/mol. The van der Waals surface area contributed by atoms with Gasteiger partial charge in [0, 0.05) is 25.2 Å². The Morgan fingerprint density at radius 3 is 2.62 bits per heavy atom. The lowest BCUT2D eigenvalue weighted by Crippen LogP contribution is -2.36. The molecule has 2 fully saturated rings. The van der Waals surface area contributed by atoms with E-state index < -0.39 is 30.0 Å². The number of carboxylic acids is 1. The lowest BCUT2D eigenvalue weighted by atomic mass is 10.0. The first-order valence-electron chi connectivity index (χ1n) is 8.45. The topological polar surface area (TPSA) is 111 Å². The monoisotopic (exact) mass is 356 g/mol. The summed E-state index contributed by atoms with van der Waals surface area (Å²) in [5.41, 5.74) is 1.33. The number of hydrogen-bond donors (Lipinski definition) is 4. The highest BCUT2D eigenvalue weighted by Crippen LogP contribution is 2.22. The van der Waals surface area contributed by atoms with E-state index in [-0.39, 0.29) is 0 Å². The van der Waals surface area contributed by atoms with Crippen molar-refractivity contribution in [3.8, 4) is 11.8 Å². The molecule has 0 aliphatic carbocycles. The van der Waals surface area contributed by atoms with Crippen LogP contribution < -0.4 is 16.0 Å². The third-order valence-electron chi connectivity index (χ3n) is 4.34. The van der Waals surface area contributed by atoms with E-state index >= 15 is 0 Å². The van der Waals surface area contributed by atoms with Gasteiger partial charge in [-0.15, -0.1) is 0 Å². The van der Waals surface area contributed by atoms with Gasteiger partial charge < -0.3 is 15.7 Å². The minimum atomic E-state index is -0.879. The first-order chi connectivity index (χ1) is 12.5. The van der Waals surface area contributed by atoms with Crippen molar-refractivity contribution in [1.82, 2.24) is 20.9 Å². The molecule has 0 aromatic heterocycles. The molecule has 1 aromatic rings. The maximum Gasteiger partial charge on any atom is 0.325 e. The number of imide groups is 1. The standard InChI is InChI=1S/C18H20N4O4/c23-16-14(20-18(26)21-16)7-4-12-2-5-13(6-3-12)15(17(24)25)22-10-1-8-19-9-11-22/h2-3,5-6,14-15,19H,1,8-11H2,(H,24,25)(H2,20,21,23,26). The Morgan fingerprint density at radius 1 is 1.19 bits per heavy atom. The van der Waals surface area contributed by atoms with Crippen molar-refractivity contribution in [2.45, 2.75) is 18.5 Å². The molecular formula is C18H20N4O4. The SMILES string of the molecule is O=C1NC(=O)C(C#Cc2ccc(C(C(=O)O)N3CCCNCC3)cc2)N1. The van der Waals surface area contributed by atoms with Gasteiger partial charge in [-0.2, -0.15) is 0 Å². The van der Waals surface area contributed by atoms with Crippen LogP contribution in [0, 0.1) is 11.8 Å². The molecule has 0 saturated carbocycles. The number of nitrogens with one attached hydrogen (secondary N) is 3. The van der Waals surface area contributed by atoms with Crippen LogP contribution in [0.3, 0.4) is 0 Å². The van der Waals surface area contributed by atoms with E-state index in [1.54, 1.807) is 24.3 Å². The summed E-state index contributed by atoms with van der Waals surface area (Å²) in [6.07, 6.45) is 0.905. The smallest absolute Gasteiger partial charge is 0.325 e.